The number of fused-ring (bicyclic) bond motifs is 1. The van der Waals surface area contributed by atoms with Gasteiger partial charge in [-0.05, 0) is 37.5 Å². The molecule has 5 rings (SSSR count). The number of rotatable bonds is 7. The van der Waals surface area contributed by atoms with E-state index in [0.717, 1.165) is 33.2 Å². The van der Waals surface area contributed by atoms with E-state index >= 15 is 0 Å². The van der Waals surface area contributed by atoms with Gasteiger partial charge in [-0.1, -0.05) is 77.9 Å². The smallest absolute Gasteiger partial charge is 0.255 e. The van der Waals surface area contributed by atoms with E-state index in [1.807, 2.05) is 68.6 Å². The Labute approximate surface area is 209 Å². The number of hydrogen-bond acceptors (Lipinski definition) is 3. The fraction of sp³-hybridized carbons (Fsp3) is 0.133. The maximum Gasteiger partial charge on any atom is 0.255 e. The summed E-state index contributed by atoms with van der Waals surface area (Å²) in [5.74, 6) is -0.354. The molecular weight excluding hydrogens is 448 g/mol. The van der Waals surface area contributed by atoms with E-state index in [0.29, 0.717) is 35.3 Å². The molecule has 6 nitrogen and oxygen atoms in total. The van der Waals surface area contributed by atoms with Gasteiger partial charge in [0.1, 0.15) is 5.82 Å². The second kappa shape index (κ2) is 9.58. The Hall–Kier alpha value is -4.58. The molecule has 6 heteroatoms. The van der Waals surface area contributed by atoms with Crippen LogP contribution in [0.15, 0.2) is 79.0 Å². The van der Waals surface area contributed by atoms with E-state index in [1.165, 1.54) is 0 Å². The largest absolute Gasteiger partial charge is 0.385 e. The molecule has 0 fully saturated rings. The van der Waals surface area contributed by atoms with Gasteiger partial charge in [-0.15, -0.1) is 0 Å². The van der Waals surface area contributed by atoms with Crippen LogP contribution in [0.25, 0.3) is 22.0 Å². The molecule has 3 aromatic carbocycles. The summed E-state index contributed by atoms with van der Waals surface area (Å²) in [5, 5.41) is 4.15. The number of aromatic amines is 2. The molecule has 36 heavy (non-hydrogen) atoms. The van der Waals surface area contributed by atoms with Crippen LogP contribution in [0.1, 0.15) is 43.1 Å². The summed E-state index contributed by atoms with van der Waals surface area (Å²) in [6, 6.07) is 23.1. The third-order valence-electron chi connectivity index (χ3n) is 6.38. The fourth-order valence-electron chi connectivity index (χ4n) is 4.80. The molecule has 0 aliphatic carbocycles. The number of anilines is 1. The SMILES string of the molecule is Cc1cc(C)cc(-c2c(C(=O)c3ccccc3)[nH]c(N)c2C(=O)NCCc2c[nH]c3ccccc23)c1. The predicted molar refractivity (Wildman–Crippen MR) is 144 cm³/mol. The zero-order valence-electron chi connectivity index (χ0n) is 20.3. The highest BCUT2D eigenvalue weighted by molar-refractivity contribution is 6.17. The number of amides is 1. The minimum atomic E-state index is -0.315. The maximum atomic E-state index is 13.5. The van der Waals surface area contributed by atoms with Crippen LogP contribution in [0.5, 0.6) is 0 Å². The average molecular weight is 477 g/mol. The lowest BCUT2D eigenvalue weighted by molar-refractivity contribution is 0.0955. The van der Waals surface area contributed by atoms with Gasteiger partial charge in [0.25, 0.3) is 5.91 Å². The van der Waals surface area contributed by atoms with Crippen LogP contribution in [0.2, 0.25) is 0 Å². The number of hydrogen-bond donors (Lipinski definition) is 4. The second-order valence-corrected chi connectivity index (χ2v) is 9.10. The minimum Gasteiger partial charge on any atom is -0.385 e. The normalized spacial score (nSPS) is 11.1. The summed E-state index contributed by atoms with van der Waals surface area (Å²) in [7, 11) is 0. The van der Waals surface area contributed by atoms with Crippen molar-refractivity contribution < 1.29 is 9.59 Å². The van der Waals surface area contributed by atoms with Crippen LogP contribution in [0.4, 0.5) is 5.82 Å². The van der Waals surface area contributed by atoms with Gasteiger partial charge in [0.2, 0.25) is 5.78 Å². The highest BCUT2D eigenvalue weighted by Gasteiger charge is 2.27. The van der Waals surface area contributed by atoms with Crippen molar-refractivity contribution in [1.29, 1.82) is 0 Å². The lowest BCUT2D eigenvalue weighted by atomic mass is 9.94. The Balaban J connectivity index is 1.49. The molecule has 0 saturated heterocycles. The number of H-pyrrole nitrogens is 2. The van der Waals surface area contributed by atoms with Gasteiger partial charge in [0.15, 0.2) is 0 Å². The van der Waals surface area contributed by atoms with E-state index < -0.39 is 0 Å². The standard InChI is InChI=1S/C30H28N4O2/c1-18-14-19(2)16-22(15-18)25-26(29(31)34-27(25)28(35)20-8-4-3-5-9-20)30(36)32-13-12-21-17-33-24-11-7-6-10-23(21)24/h3-11,14-17,33-34H,12-13,31H2,1-2H3,(H,32,36). The summed E-state index contributed by atoms with van der Waals surface area (Å²) in [4.78, 5) is 33.2. The first-order valence-corrected chi connectivity index (χ1v) is 12.0. The van der Waals surface area contributed by atoms with Crippen LogP contribution in [-0.2, 0) is 6.42 Å². The van der Waals surface area contributed by atoms with Crippen molar-refractivity contribution in [3.05, 3.63) is 113 Å². The molecule has 0 radical (unpaired) electrons. The number of nitrogens with one attached hydrogen (secondary N) is 3. The van der Waals surface area contributed by atoms with Gasteiger partial charge >= 0.3 is 0 Å². The van der Waals surface area contributed by atoms with E-state index in [4.69, 9.17) is 5.73 Å². The minimum absolute atomic E-state index is 0.174. The van der Waals surface area contributed by atoms with Crippen molar-refractivity contribution in [2.45, 2.75) is 20.3 Å². The summed E-state index contributed by atoms with van der Waals surface area (Å²) in [5.41, 5.74) is 13.0. The number of aryl methyl sites for hydroxylation is 2. The van der Waals surface area contributed by atoms with Crippen LogP contribution in [0.3, 0.4) is 0 Å². The van der Waals surface area contributed by atoms with Crippen molar-refractivity contribution in [3.8, 4) is 11.1 Å². The van der Waals surface area contributed by atoms with Gasteiger partial charge in [-0.25, -0.2) is 0 Å². The lowest BCUT2D eigenvalue weighted by Gasteiger charge is -2.11. The van der Waals surface area contributed by atoms with Crippen molar-refractivity contribution >= 4 is 28.4 Å². The molecule has 180 valence electrons. The number of carbonyl (C=O) groups excluding carboxylic acids is 2. The summed E-state index contributed by atoms with van der Waals surface area (Å²) < 4.78 is 0. The van der Waals surface area contributed by atoms with Gasteiger partial charge in [0.05, 0.1) is 11.3 Å². The van der Waals surface area contributed by atoms with Crippen molar-refractivity contribution in [1.82, 2.24) is 15.3 Å². The first kappa shape index (κ1) is 23.2. The van der Waals surface area contributed by atoms with Gasteiger partial charge in [-0.3, -0.25) is 9.59 Å². The summed E-state index contributed by atoms with van der Waals surface area (Å²) in [6.45, 7) is 4.41. The predicted octanol–water partition coefficient (Wildman–Crippen LogP) is 5.57. The zero-order chi connectivity index (χ0) is 25.2. The summed E-state index contributed by atoms with van der Waals surface area (Å²) in [6.07, 6.45) is 2.63. The van der Waals surface area contributed by atoms with Crippen molar-refractivity contribution in [2.24, 2.45) is 0 Å². The molecule has 2 aromatic heterocycles. The quantitative estimate of drug-likeness (QED) is 0.231. The van der Waals surface area contributed by atoms with Crippen molar-refractivity contribution in [3.63, 3.8) is 0 Å². The molecule has 0 bridgehead atoms. The number of nitrogens with two attached hydrogens (primary N) is 1. The Morgan fingerprint density at radius 2 is 1.61 bits per heavy atom. The van der Waals surface area contributed by atoms with Crippen LogP contribution >= 0.6 is 0 Å². The topological polar surface area (TPSA) is 104 Å². The molecular formula is C30H28N4O2. The number of aromatic nitrogens is 2. The number of para-hydroxylation sites is 1. The highest BCUT2D eigenvalue weighted by Crippen LogP contribution is 2.34. The molecule has 0 aliphatic rings. The Morgan fingerprint density at radius 1 is 0.917 bits per heavy atom. The maximum absolute atomic E-state index is 13.5. The third-order valence-corrected chi connectivity index (χ3v) is 6.38. The molecule has 5 aromatic rings. The molecule has 0 saturated carbocycles. The van der Waals surface area contributed by atoms with Gasteiger partial charge in [-0.2, -0.15) is 0 Å². The van der Waals surface area contributed by atoms with Gasteiger partial charge < -0.3 is 21.0 Å². The molecule has 0 unspecified atom stereocenters. The zero-order valence-corrected chi connectivity index (χ0v) is 20.3. The Bertz CT molecular complexity index is 1560. The van der Waals surface area contributed by atoms with Crippen molar-refractivity contribution in [2.75, 3.05) is 12.3 Å². The van der Waals surface area contributed by atoms with E-state index in [1.54, 1.807) is 12.1 Å². The monoisotopic (exact) mass is 476 g/mol. The molecule has 0 spiro atoms. The van der Waals surface area contributed by atoms with Crippen LogP contribution in [0, 0.1) is 13.8 Å². The number of benzene rings is 3. The van der Waals surface area contributed by atoms with E-state index in [2.05, 4.69) is 27.4 Å². The van der Waals surface area contributed by atoms with Crippen LogP contribution < -0.4 is 11.1 Å². The molecule has 0 aliphatic heterocycles. The first-order chi connectivity index (χ1) is 17.4. The lowest BCUT2D eigenvalue weighted by Crippen LogP contribution is -2.26. The number of ketones is 1. The molecule has 5 N–H and O–H groups in total. The third kappa shape index (κ3) is 4.41. The first-order valence-electron chi connectivity index (χ1n) is 12.0. The molecule has 2 heterocycles. The molecule has 0 atom stereocenters. The molecule has 1 amide bonds. The fourth-order valence-corrected chi connectivity index (χ4v) is 4.80. The Morgan fingerprint density at radius 3 is 2.36 bits per heavy atom. The Kier molecular flexibility index (Phi) is 6.17. The van der Waals surface area contributed by atoms with Crippen LogP contribution in [-0.4, -0.2) is 28.2 Å². The van der Waals surface area contributed by atoms with E-state index in [9.17, 15) is 9.59 Å². The van der Waals surface area contributed by atoms with Gasteiger partial charge in [0, 0.05) is 34.8 Å². The number of carbonyl (C=O) groups is 2. The second-order valence-electron chi connectivity index (χ2n) is 9.10. The van der Waals surface area contributed by atoms with E-state index in [-0.39, 0.29) is 17.5 Å². The highest BCUT2D eigenvalue weighted by atomic mass is 16.1. The summed E-state index contributed by atoms with van der Waals surface area (Å²) >= 11 is 0. The number of nitrogen functional groups attached to an aromatic ring is 1. The average Bonchev–Trinajstić information content (AvgIpc) is 3.44.